The molecule has 2 aliphatic rings. The van der Waals surface area contributed by atoms with Gasteiger partial charge in [-0.1, -0.05) is 18.2 Å². The molecule has 2 N–H and O–H groups in total. The Morgan fingerprint density at radius 1 is 1.27 bits per heavy atom. The van der Waals surface area contributed by atoms with Gasteiger partial charge in [-0.3, -0.25) is 9.79 Å². The van der Waals surface area contributed by atoms with E-state index in [-0.39, 0.29) is 12.0 Å². The molecule has 26 heavy (non-hydrogen) atoms. The topological polar surface area (TPSA) is 68.2 Å². The lowest BCUT2D eigenvalue weighted by molar-refractivity contribution is -0.118. The summed E-state index contributed by atoms with van der Waals surface area (Å²) in [5.74, 6) is 1.09. The van der Waals surface area contributed by atoms with Gasteiger partial charge in [-0.2, -0.15) is 0 Å². The molecule has 2 heterocycles. The van der Waals surface area contributed by atoms with Crippen LogP contribution < -0.4 is 10.2 Å². The van der Waals surface area contributed by atoms with Gasteiger partial charge in [0.1, 0.15) is 0 Å². The Morgan fingerprint density at radius 3 is 2.81 bits per heavy atom. The van der Waals surface area contributed by atoms with Crippen LogP contribution in [0.25, 0.3) is 0 Å². The third kappa shape index (κ3) is 4.55. The Balaban J connectivity index is 1.48. The number of hydrogen-bond donors (Lipinski definition) is 2. The van der Waals surface area contributed by atoms with Crippen LogP contribution in [-0.4, -0.2) is 60.7 Å². The van der Waals surface area contributed by atoms with Crippen molar-refractivity contribution in [3.05, 3.63) is 29.8 Å². The molecule has 6 nitrogen and oxygen atoms in total. The van der Waals surface area contributed by atoms with E-state index >= 15 is 0 Å². The van der Waals surface area contributed by atoms with Gasteiger partial charge in [-0.15, -0.1) is 0 Å². The number of fused-ring (bicyclic) bond motifs is 1. The molecule has 0 atom stereocenters. The standard InChI is InChI=1S/C20H30N4O2/c1-2-21-20(23-13-10-17(25)11-14-23)22-12-5-8-19(26)24-15-9-16-6-3-4-7-18(16)24/h3-4,6-7,17,25H,2,5,8-15H2,1H3,(H,21,22). The van der Waals surface area contributed by atoms with Crippen LogP contribution in [-0.2, 0) is 11.2 Å². The summed E-state index contributed by atoms with van der Waals surface area (Å²) in [6.07, 6.45) is 3.62. The smallest absolute Gasteiger partial charge is 0.227 e. The summed E-state index contributed by atoms with van der Waals surface area (Å²) < 4.78 is 0. The second-order valence-electron chi connectivity index (χ2n) is 6.98. The first-order chi connectivity index (χ1) is 12.7. The molecule has 142 valence electrons. The number of carbonyl (C=O) groups excluding carboxylic acids is 1. The van der Waals surface area contributed by atoms with Crippen molar-refractivity contribution in [2.45, 2.75) is 45.1 Å². The summed E-state index contributed by atoms with van der Waals surface area (Å²) in [6, 6.07) is 8.16. The highest BCUT2D eigenvalue weighted by Crippen LogP contribution is 2.28. The third-order valence-corrected chi connectivity index (χ3v) is 5.10. The minimum atomic E-state index is -0.185. The number of benzene rings is 1. The maximum Gasteiger partial charge on any atom is 0.227 e. The monoisotopic (exact) mass is 358 g/mol. The van der Waals surface area contributed by atoms with E-state index in [2.05, 4.69) is 28.2 Å². The van der Waals surface area contributed by atoms with Gasteiger partial charge in [0, 0.05) is 44.8 Å². The molecule has 0 spiro atoms. The van der Waals surface area contributed by atoms with Crippen LogP contribution in [0.5, 0.6) is 0 Å². The lowest BCUT2D eigenvalue weighted by atomic mass is 10.1. The van der Waals surface area contributed by atoms with Gasteiger partial charge in [0.05, 0.1) is 6.10 Å². The first kappa shape index (κ1) is 18.7. The normalized spacial score (nSPS) is 18.2. The number of para-hydroxylation sites is 1. The van der Waals surface area contributed by atoms with Crippen LogP contribution in [0.15, 0.2) is 29.3 Å². The number of hydrogen-bond acceptors (Lipinski definition) is 3. The molecular formula is C20H30N4O2. The zero-order valence-corrected chi connectivity index (χ0v) is 15.7. The Morgan fingerprint density at radius 2 is 2.04 bits per heavy atom. The van der Waals surface area contributed by atoms with Crippen molar-refractivity contribution in [3.8, 4) is 0 Å². The molecule has 6 heteroatoms. The minimum Gasteiger partial charge on any atom is -0.393 e. The molecule has 0 aromatic heterocycles. The predicted molar refractivity (Wildman–Crippen MR) is 105 cm³/mol. The Hall–Kier alpha value is -2.08. The average molecular weight is 358 g/mol. The van der Waals surface area contributed by atoms with Crippen molar-refractivity contribution in [2.75, 3.05) is 37.6 Å². The summed E-state index contributed by atoms with van der Waals surface area (Å²) in [7, 11) is 0. The Kier molecular flexibility index (Phi) is 6.50. The highest BCUT2D eigenvalue weighted by atomic mass is 16.3. The van der Waals surface area contributed by atoms with E-state index in [1.54, 1.807) is 0 Å². The highest BCUT2D eigenvalue weighted by molar-refractivity contribution is 5.95. The van der Waals surface area contributed by atoms with E-state index in [4.69, 9.17) is 0 Å². The maximum atomic E-state index is 12.5. The number of aliphatic hydroxyl groups is 1. The first-order valence-corrected chi connectivity index (χ1v) is 9.78. The SMILES string of the molecule is CCNC(=NCCCC(=O)N1CCc2ccccc21)N1CCC(O)CC1. The van der Waals surface area contributed by atoms with Crippen LogP contribution in [0.3, 0.4) is 0 Å². The fourth-order valence-corrected chi connectivity index (χ4v) is 3.65. The zero-order chi connectivity index (χ0) is 18.4. The summed E-state index contributed by atoms with van der Waals surface area (Å²) in [4.78, 5) is 21.3. The number of nitrogens with zero attached hydrogens (tertiary/aromatic N) is 3. The molecule has 2 aliphatic heterocycles. The van der Waals surface area contributed by atoms with Gasteiger partial charge in [-0.05, 0) is 44.2 Å². The number of nitrogens with one attached hydrogen (secondary N) is 1. The van der Waals surface area contributed by atoms with Crippen LogP contribution in [0.4, 0.5) is 5.69 Å². The number of aliphatic imine (C=N–C) groups is 1. The van der Waals surface area contributed by atoms with E-state index in [1.165, 1.54) is 5.56 Å². The Bertz CT molecular complexity index is 638. The van der Waals surface area contributed by atoms with E-state index in [9.17, 15) is 9.90 Å². The van der Waals surface area contributed by atoms with E-state index in [0.717, 1.165) is 63.5 Å². The van der Waals surface area contributed by atoms with Crippen molar-refractivity contribution < 1.29 is 9.90 Å². The maximum absolute atomic E-state index is 12.5. The molecule has 1 aromatic carbocycles. The van der Waals surface area contributed by atoms with E-state index < -0.39 is 0 Å². The zero-order valence-electron chi connectivity index (χ0n) is 15.7. The number of anilines is 1. The van der Waals surface area contributed by atoms with Gasteiger partial charge in [0.15, 0.2) is 5.96 Å². The summed E-state index contributed by atoms with van der Waals surface area (Å²) >= 11 is 0. The van der Waals surface area contributed by atoms with Crippen molar-refractivity contribution in [1.82, 2.24) is 10.2 Å². The number of rotatable bonds is 5. The largest absolute Gasteiger partial charge is 0.393 e. The van der Waals surface area contributed by atoms with Crippen LogP contribution in [0.2, 0.25) is 0 Å². The van der Waals surface area contributed by atoms with Gasteiger partial charge >= 0.3 is 0 Å². The lowest BCUT2D eigenvalue weighted by Crippen LogP contribution is -2.46. The van der Waals surface area contributed by atoms with Crippen LogP contribution in [0.1, 0.15) is 38.2 Å². The molecule has 0 unspecified atom stereocenters. The van der Waals surface area contributed by atoms with Gasteiger partial charge in [0.25, 0.3) is 0 Å². The van der Waals surface area contributed by atoms with Crippen molar-refractivity contribution in [1.29, 1.82) is 0 Å². The third-order valence-electron chi connectivity index (χ3n) is 5.10. The van der Waals surface area contributed by atoms with Crippen LogP contribution in [0, 0.1) is 0 Å². The minimum absolute atomic E-state index is 0.185. The molecule has 0 saturated carbocycles. The lowest BCUT2D eigenvalue weighted by Gasteiger charge is -2.32. The predicted octanol–water partition coefficient (Wildman–Crippen LogP) is 1.78. The summed E-state index contributed by atoms with van der Waals surface area (Å²) in [5.41, 5.74) is 2.34. The number of aliphatic hydroxyl groups excluding tert-OH is 1. The summed E-state index contributed by atoms with van der Waals surface area (Å²) in [6.45, 7) is 5.97. The molecular weight excluding hydrogens is 328 g/mol. The second kappa shape index (κ2) is 9.03. The number of carbonyl (C=O) groups is 1. The van der Waals surface area contributed by atoms with E-state index in [1.807, 2.05) is 23.1 Å². The highest BCUT2D eigenvalue weighted by Gasteiger charge is 2.23. The molecule has 1 amide bonds. The average Bonchev–Trinajstić information content (AvgIpc) is 3.09. The number of likely N-dealkylation sites (tertiary alicyclic amines) is 1. The second-order valence-corrected chi connectivity index (χ2v) is 6.98. The van der Waals surface area contributed by atoms with Crippen LogP contribution >= 0.6 is 0 Å². The quantitative estimate of drug-likeness (QED) is 0.478. The first-order valence-electron chi connectivity index (χ1n) is 9.78. The fourth-order valence-electron chi connectivity index (χ4n) is 3.65. The van der Waals surface area contributed by atoms with Gasteiger partial charge < -0.3 is 20.2 Å². The summed E-state index contributed by atoms with van der Waals surface area (Å²) in [5, 5.41) is 13.0. The van der Waals surface area contributed by atoms with E-state index in [0.29, 0.717) is 13.0 Å². The van der Waals surface area contributed by atoms with Crippen molar-refractivity contribution in [3.63, 3.8) is 0 Å². The molecule has 1 fully saturated rings. The molecule has 0 radical (unpaired) electrons. The molecule has 1 saturated heterocycles. The van der Waals surface area contributed by atoms with Gasteiger partial charge in [-0.25, -0.2) is 0 Å². The van der Waals surface area contributed by atoms with Crippen molar-refractivity contribution >= 4 is 17.6 Å². The molecule has 3 rings (SSSR count). The molecule has 0 aliphatic carbocycles. The van der Waals surface area contributed by atoms with Gasteiger partial charge in [0.2, 0.25) is 5.91 Å². The molecule has 1 aromatic rings. The fraction of sp³-hybridized carbons (Fsp3) is 0.600. The number of amides is 1. The number of piperidine rings is 1. The number of guanidine groups is 1. The Labute approximate surface area is 155 Å². The van der Waals surface area contributed by atoms with Crippen molar-refractivity contribution in [2.24, 2.45) is 4.99 Å². The molecule has 0 bridgehead atoms.